The van der Waals surface area contributed by atoms with Crippen LogP contribution >= 0.6 is 12.4 Å². The molecule has 1 amide bonds. The number of rotatable bonds is 2. The van der Waals surface area contributed by atoms with Crippen molar-refractivity contribution in [2.24, 2.45) is 10.8 Å². The Balaban J connectivity index is 0.00000121. The van der Waals surface area contributed by atoms with Crippen molar-refractivity contribution in [1.29, 1.82) is 0 Å². The van der Waals surface area contributed by atoms with Gasteiger partial charge < -0.3 is 11.1 Å². The van der Waals surface area contributed by atoms with E-state index in [4.69, 9.17) is 11.3 Å². The highest BCUT2D eigenvalue weighted by Crippen LogP contribution is 2.09. The number of azide groups is 1. The third-order valence-electron chi connectivity index (χ3n) is 1.67. The standard InChI is InChI=1S/C5H9N5O.ClH/c6-5(11)4-1-3(2-8-4)9-10-7;/h3-4,8H,1-2H2,(H2,6,11);1H. The normalized spacial score (nSPS) is 27.0. The molecule has 7 heteroatoms. The van der Waals surface area contributed by atoms with Gasteiger partial charge in [0.05, 0.1) is 12.1 Å². The number of carbonyl (C=O) groups is 1. The van der Waals surface area contributed by atoms with Gasteiger partial charge in [0.1, 0.15) is 0 Å². The van der Waals surface area contributed by atoms with E-state index in [1.54, 1.807) is 0 Å². The van der Waals surface area contributed by atoms with E-state index in [9.17, 15) is 4.79 Å². The van der Waals surface area contributed by atoms with Crippen molar-refractivity contribution in [3.05, 3.63) is 10.4 Å². The quantitative estimate of drug-likeness (QED) is 0.363. The molecule has 0 aliphatic carbocycles. The van der Waals surface area contributed by atoms with Crippen LogP contribution in [-0.2, 0) is 4.79 Å². The Morgan fingerprint density at radius 3 is 2.83 bits per heavy atom. The zero-order valence-electron chi connectivity index (χ0n) is 6.30. The molecule has 12 heavy (non-hydrogen) atoms. The first kappa shape index (κ1) is 11.0. The molecule has 2 atom stereocenters. The lowest BCUT2D eigenvalue weighted by atomic mass is 10.2. The van der Waals surface area contributed by atoms with Crippen LogP contribution in [0.3, 0.4) is 0 Å². The molecule has 0 radical (unpaired) electrons. The Morgan fingerprint density at radius 1 is 1.75 bits per heavy atom. The van der Waals surface area contributed by atoms with Crippen molar-refractivity contribution in [1.82, 2.24) is 5.32 Å². The lowest BCUT2D eigenvalue weighted by molar-refractivity contribution is -0.119. The second kappa shape index (κ2) is 4.82. The van der Waals surface area contributed by atoms with Gasteiger partial charge in [-0.25, -0.2) is 0 Å². The Labute approximate surface area is 75.5 Å². The maximum Gasteiger partial charge on any atom is 0.234 e. The van der Waals surface area contributed by atoms with Crippen molar-refractivity contribution in [3.8, 4) is 0 Å². The Hall–Kier alpha value is -0.970. The van der Waals surface area contributed by atoms with Crippen LogP contribution < -0.4 is 11.1 Å². The molecule has 3 N–H and O–H groups in total. The Kier molecular flexibility index (Phi) is 4.43. The third kappa shape index (κ3) is 2.58. The summed E-state index contributed by atoms with van der Waals surface area (Å²) in [5.41, 5.74) is 13.1. The predicted molar refractivity (Wildman–Crippen MR) is 45.8 cm³/mol. The van der Waals surface area contributed by atoms with E-state index in [2.05, 4.69) is 15.3 Å². The predicted octanol–water partition coefficient (Wildman–Crippen LogP) is -0.0657. The molecule has 1 fully saturated rings. The zero-order valence-corrected chi connectivity index (χ0v) is 7.12. The van der Waals surface area contributed by atoms with Crippen LogP contribution in [0.4, 0.5) is 0 Å². The number of nitrogens with two attached hydrogens (primary N) is 1. The van der Waals surface area contributed by atoms with Gasteiger partial charge in [-0.05, 0) is 12.0 Å². The molecular formula is C5H10ClN5O. The summed E-state index contributed by atoms with van der Waals surface area (Å²) in [5.74, 6) is -0.388. The molecule has 1 aliphatic rings. The second-order valence-corrected chi connectivity index (χ2v) is 2.46. The van der Waals surface area contributed by atoms with Crippen LogP contribution in [0.15, 0.2) is 5.11 Å². The minimum atomic E-state index is -0.388. The average molecular weight is 192 g/mol. The Morgan fingerprint density at radius 2 is 2.42 bits per heavy atom. The summed E-state index contributed by atoms with van der Waals surface area (Å²) in [4.78, 5) is 13.2. The van der Waals surface area contributed by atoms with Crippen LogP contribution in [0.1, 0.15) is 6.42 Å². The van der Waals surface area contributed by atoms with Gasteiger partial charge in [0.2, 0.25) is 5.91 Å². The molecule has 1 rings (SSSR count). The van der Waals surface area contributed by atoms with E-state index in [0.717, 1.165) is 0 Å². The van der Waals surface area contributed by atoms with Crippen LogP contribution in [0, 0.1) is 0 Å². The lowest BCUT2D eigenvalue weighted by Crippen LogP contribution is -2.36. The molecule has 6 nitrogen and oxygen atoms in total. The fourth-order valence-corrected chi connectivity index (χ4v) is 1.09. The van der Waals surface area contributed by atoms with Gasteiger partial charge in [0, 0.05) is 11.5 Å². The number of halogens is 1. The van der Waals surface area contributed by atoms with E-state index in [0.29, 0.717) is 13.0 Å². The summed E-state index contributed by atoms with van der Waals surface area (Å²) >= 11 is 0. The number of primary amides is 1. The molecule has 1 heterocycles. The van der Waals surface area contributed by atoms with Crippen LogP contribution in [0.25, 0.3) is 10.4 Å². The molecule has 68 valence electrons. The van der Waals surface area contributed by atoms with Crippen molar-refractivity contribution >= 4 is 18.3 Å². The first-order chi connectivity index (χ1) is 5.24. The average Bonchev–Trinajstić information content (AvgIpc) is 2.37. The highest BCUT2D eigenvalue weighted by Gasteiger charge is 2.26. The summed E-state index contributed by atoms with van der Waals surface area (Å²) in [7, 11) is 0. The largest absolute Gasteiger partial charge is 0.368 e. The van der Waals surface area contributed by atoms with E-state index < -0.39 is 0 Å². The molecule has 1 saturated heterocycles. The van der Waals surface area contributed by atoms with Gasteiger partial charge in [0.25, 0.3) is 0 Å². The van der Waals surface area contributed by atoms with Crippen molar-refractivity contribution in [3.63, 3.8) is 0 Å². The summed E-state index contributed by atoms with van der Waals surface area (Å²) in [6, 6.07) is -0.456. The molecule has 0 aromatic rings. The molecule has 1 aliphatic heterocycles. The van der Waals surface area contributed by atoms with Gasteiger partial charge in [-0.2, -0.15) is 0 Å². The van der Waals surface area contributed by atoms with E-state index in [1.807, 2.05) is 0 Å². The minimum Gasteiger partial charge on any atom is -0.368 e. The maximum absolute atomic E-state index is 10.6. The molecule has 0 spiro atoms. The lowest BCUT2D eigenvalue weighted by Gasteiger charge is -2.01. The van der Waals surface area contributed by atoms with Gasteiger partial charge >= 0.3 is 0 Å². The van der Waals surface area contributed by atoms with Crippen molar-refractivity contribution in [2.75, 3.05) is 6.54 Å². The van der Waals surface area contributed by atoms with E-state index in [-0.39, 0.29) is 30.4 Å². The molecule has 0 saturated carbocycles. The van der Waals surface area contributed by atoms with Crippen molar-refractivity contribution in [2.45, 2.75) is 18.5 Å². The first-order valence-electron chi connectivity index (χ1n) is 3.31. The molecular weight excluding hydrogens is 182 g/mol. The highest BCUT2D eigenvalue weighted by atomic mass is 35.5. The molecule has 2 unspecified atom stereocenters. The van der Waals surface area contributed by atoms with Crippen LogP contribution in [0.2, 0.25) is 0 Å². The number of carbonyl (C=O) groups excluding carboxylic acids is 1. The number of nitrogens with zero attached hydrogens (tertiary/aromatic N) is 3. The summed E-state index contributed by atoms with van der Waals surface area (Å²) in [6.45, 7) is 0.539. The van der Waals surface area contributed by atoms with E-state index >= 15 is 0 Å². The second-order valence-electron chi connectivity index (χ2n) is 2.46. The molecule has 0 aromatic carbocycles. The first-order valence-corrected chi connectivity index (χ1v) is 3.31. The summed E-state index contributed by atoms with van der Waals surface area (Å²) < 4.78 is 0. The maximum atomic E-state index is 10.6. The zero-order chi connectivity index (χ0) is 8.27. The molecule has 0 aromatic heterocycles. The highest BCUT2D eigenvalue weighted by molar-refractivity contribution is 5.85. The van der Waals surface area contributed by atoms with Crippen LogP contribution in [0.5, 0.6) is 0 Å². The van der Waals surface area contributed by atoms with Gasteiger partial charge in [-0.3, -0.25) is 4.79 Å². The van der Waals surface area contributed by atoms with Crippen molar-refractivity contribution < 1.29 is 4.79 Å². The smallest absolute Gasteiger partial charge is 0.234 e. The third-order valence-corrected chi connectivity index (χ3v) is 1.67. The van der Waals surface area contributed by atoms with Crippen LogP contribution in [-0.4, -0.2) is 24.5 Å². The topological polar surface area (TPSA) is 104 Å². The number of hydrogen-bond acceptors (Lipinski definition) is 3. The fourth-order valence-electron chi connectivity index (χ4n) is 1.09. The number of nitrogens with one attached hydrogen (secondary N) is 1. The number of hydrogen-bond donors (Lipinski definition) is 2. The fraction of sp³-hybridized carbons (Fsp3) is 0.800. The van der Waals surface area contributed by atoms with Gasteiger partial charge in [-0.15, -0.1) is 12.4 Å². The Bertz CT molecular complexity index is 206. The van der Waals surface area contributed by atoms with Gasteiger partial charge in [-0.1, -0.05) is 5.11 Å². The summed E-state index contributed by atoms with van der Waals surface area (Å²) in [5, 5.41) is 6.32. The van der Waals surface area contributed by atoms with E-state index in [1.165, 1.54) is 0 Å². The monoisotopic (exact) mass is 191 g/mol. The SMILES string of the molecule is Cl.[N-]=[N+]=NC1CNC(C(N)=O)C1. The number of amides is 1. The minimum absolute atomic E-state index is 0. The van der Waals surface area contributed by atoms with Gasteiger partial charge in [0.15, 0.2) is 0 Å². The summed E-state index contributed by atoms with van der Waals surface area (Å²) in [6.07, 6.45) is 0.513. The molecule has 0 bridgehead atoms.